The highest BCUT2D eigenvalue weighted by Crippen LogP contribution is 2.35. The molecule has 0 atom stereocenters. The standard InChI is InChI=1S/C24H24N4O4S/c1-30-16-7-8-20(31-2)17(13-16)19-14-33-23(25-19)27-22(29)15-9-11-28(12-10-15)24-26-18-5-3-4-6-21(18)32-24/h3-8,13-15H,9-12H2,1-2H3,(H,25,27,29). The number of oxazole rings is 1. The summed E-state index contributed by atoms with van der Waals surface area (Å²) in [4.78, 5) is 24.1. The van der Waals surface area contributed by atoms with Crippen molar-refractivity contribution >= 4 is 39.5 Å². The fourth-order valence-corrected chi connectivity index (χ4v) is 4.72. The first-order chi connectivity index (χ1) is 16.1. The molecule has 0 saturated carbocycles. The number of carbonyl (C=O) groups is 1. The van der Waals surface area contributed by atoms with E-state index in [2.05, 4.69) is 20.2 Å². The van der Waals surface area contributed by atoms with E-state index in [-0.39, 0.29) is 11.8 Å². The van der Waals surface area contributed by atoms with E-state index in [1.54, 1.807) is 14.2 Å². The Morgan fingerprint density at radius 3 is 2.70 bits per heavy atom. The number of nitrogens with one attached hydrogen (secondary N) is 1. The molecule has 4 aromatic rings. The van der Waals surface area contributed by atoms with Crippen molar-refractivity contribution in [3.8, 4) is 22.8 Å². The van der Waals surface area contributed by atoms with Crippen LogP contribution < -0.4 is 19.7 Å². The summed E-state index contributed by atoms with van der Waals surface area (Å²) in [7, 11) is 3.24. The van der Waals surface area contributed by atoms with Crippen LogP contribution in [0.3, 0.4) is 0 Å². The van der Waals surface area contributed by atoms with Crippen molar-refractivity contribution < 1.29 is 18.7 Å². The van der Waals surface area contributed by atoms with Gasteiger partial charge in [-0.15, -0.1) is 11.3 Å². The summed E-state index contributed by atoms with van der Waals surface area (Å²) in [6.45, 7) is 1.43. The number of anilines is 2. The van der Waals surface area contributed by atoms with Gasteiger partial charge >= 0.3 is 0 Å². The van der Waals surface area contributed by atoms with E-state index in [0.29, 0.717) is 16.9 Å². The molecule has 0 radical (unpaired) electrons. The van der Waals surface area contributed by atoms with Crippen LogP contribution in [-0.2, 0) is 4.79 Å². The lowest BCUT2D eigenvalue weighted by Gasteiger charge is -2.29. The van der Waals surface area contributed by atoms with E-state index >= 15 is 0 Å². The third kappa shape index (κ3) is 4.36. The minimum Gasteiger partial charge on any atom is -0.497 e. The largest absolute Gasteiger partial charge is 0.497 e. The van der Waals surface area contributed by atoms with E-state index in [1.807, 2.05) is 47.8 Å². The molecule has 5 rings (SSSR count). The minimum absolute atomic E-state index is 0.00859. The number of rotatable bonds is 6. The van der Waals surface area contributed by atoms with Crippen molar-refractivity contribution in [1.82, 2.24) is 9.97 Å². The highest BCUT2D eigenvalue weighted by molar-refractivity contribution is 7.14. The number of piperidine rings is 1. The summed E-state index contributed by atoms with van der Waals surface area (Å²) in [6.07, 6.45) is 1.46. The summed E-state index contributed by atoms with van der Waals surface area (Å²) in [6, 6.07) is 13.9. The number of thiazole rings is 1. The Morgan fingerprint density at radius 2 is 1.94 bits per heavy atom. The van der Waals surface area contributed by atoms with Gasteiger partial charge in [-0.25, -0.2) is 4.98 Å². The molecule has 9 heteroatoms. The molecule has 0 spiro atoms. The van der Waals surface area contributed by atoms with Crippen LogP contribution in [0.5, 0.6) is 11.5 Å². The third-order valence-corrected chi connectivity index (χ3v) is 6.59. The maximum absolute atomic E-state index is 12.9. The second-order valence-electron chi connectivity index (χ2n) is 7.82. The fraction of sp³-hybridized carbons (Fsp3) is 0.292. The number of benzene rings is 2. The SMILES string of the molecule is COc1ccc(OC)c(-c2csc(NC(=O)C3CCN(c4nc5ccccc5o4)CC3)n2)c1. The smallest absolute Gasteiger partial charge is 0.298 e. The van der Waals surface area contributed by atoms with Gasteiger partial charge < -0.3 is 24.1 Å². The number of carbonyl (C=O) groups excluding carboxylic acids is 1. The van der Waals surface area contributed by atoms with Crippen LogP contribution in [-0.4, -0.2) is 43.2 Å². The second-order valence-corrected chi connectivity index (χ2v) is 8.68. The van der Waals surface area contributed by atoms with Crippen LogP contribution in [0.4, 0.5) is 11.1 Å². The summed E-state index contributed by atoms with van der Waals surface area (Å²) < 4.78 is 16.6. The van der Waals surface area contributed by atoms with Gasteiger partial charge in [0.15, 0.2) is 10.7 Å². The number of methoxy groups -OCH3 is 2. The number of hydrogen-bond acceptors (Lipinski definition) is 8. The van der Waals surface area contributed by atoms with Gasteiger partial charge in [0, 0.05) is 30.0 Å². The van der Waals surface area contributed by atoms with E-state index in [4.69, 9.17) is 13.9 Å². The summed E-state index contributed by atoms with van der Waals surface area (Å²) in [5.74, 6) is 1.33. The monoisotopic (exact) mass is 464 g/mol. The molecule has 3 heterocycles. The number of fused-ring (bicyclic) bond motifs is 1. The van der Waals surface area contributed by atoms with Gasteiger partial charge in [0.2, 0.25) is 5.91 Å². The minimum atomic E-state index is -0.0793. The molecule has 8 nitrogen and oxygen atoms in total. The predicted octanol–water partition coefficient (Wildman–Crippen LogP) is 4.82. The Bertz CT molecular complexity index is 1240. The molecule has 2 aromatic carbocycles. The lowest BCUT2D eigenvalue weighted by atomic mass is 9.96. The van der Waals surface area contributed by atoms with E-state index in [0.717, 1.165) is 54.0 Å². The summed E-state index contributed by atoms with van der Waals surface area (Å²) in [5, 5.41) is 5.46. The lowest BCUT2D eigenvalue weighted by Crippen LogP contribution is -2.38. The molecule has 1 N–H and O–H groups in total. The van der Waals surface area contributed by atoms with Crippen molar-refractivity contribution in [3.63, 3.8) is 0 Å². The molecule has 1 saturated heterocycles. The third-order valence-electron chi connectivity index (χ3n) is 5.84. The first-order valence-corrected chi connectivity index (χ1v) is 11.6. The molecule has 0 unspecified atom stereocenters. The normalized spacial score (nSPS) is 14.4. The number of para-hydroxylation sites is 2. The van der Waals surface area contributed by atoms with Crippen molar-refractivity contribution in [3.05, 3.63) is 47.8 Å². The molecule has 1 amide bonds. The summed E-state index contributed by atoms with van der Waals surface area (Å²) in [5.41, 5.74) is 3.18. The van der Waals surface area contributed by atoms with Gasteiger partial charge in [0.25, 0.3) is 6.01 Å². The lowest BCUT2D eigenvalue weighted by molar-refractivity contribution is -0.120. The molecule has 170 valence electrons. The van der Waals surface area contributed by atoms with Gasteiger partial charge in [-0.05, 0) is 43.2 Å². The number of hydrogen-bond donors (Lipinski definition) is 1. The summed E-state index contributed by atoms with van der Waals surface area (Å²) >= 11 is 1.39. The van der Waals surface area contributed by atoms with Gasteiger partial charge in [0.05, 0.1) is 19.9 Å². The molecule has 33 heavy (non-hydrogen) atoms. The first kappa shape index (κ1) is 21.3. The zero-order chi connectivity index (χ0) is 22.8. The van der Waals surface area contributed by atoms with Crippen molar-refractivity contribution in [1.29, 1.82) is 0 Å². The van der Waals surface area contributed by atoms with Gasteiger partial charge in [0.1, 0.15) is 17.0 Å². The van der Waals surface area contributed by atoms with E-state index < -0.39 is 0 Å². The van der Waals surface area contributed by atoms with Crippen LogP contribution in [0, 0.1) is 5.92 Å². The first-order valence-electron chi connectivity index (χ1n) is 10.7. The van der Waals surface area contributed by atoms with Crippen molar-refractivity contribution in [2.45, 2.75) is 12.8 Å². The number of nitrogens with zero attached hydrogens (tertiary/aromatic N) is 3. The van der Waals surface area contributed by atoms with E-state index in [9.17, 15) is 4.79 Å². The molecule has 1 aliphatic rings. The van der Waals surface area contributed by atoms with Gasteiger partial charge in [-0.2, -0.15) is 4.98 Å². The van der Waals surface area contributed by atoms with Crippen molar-refractivity contribution in [2.75, 3.05) is 37.5 Å². The Balaban J connectivity index is 1.22. The van der Waals surface area contributed by atoms with Crippen LogP contribution in [0.2, 0.25) is 0 Å². The molecular formula is C24H24N4O4S. The maximum atomic E-state index is 12.9. The quantitative estimate of drug-likeness (QED) is 0.437. The van der Waals surface area contributed by atoms with Gasteiger partial charge in [-0.3, -0.25) is 4.79 Å². The maximum Gasteiger partial charge on any atom is 0.298 e. The molecular weight excluding hydrogens is 440 g/mol. The average molecular weight is 465 g/mol. The molecule has 1 fully saturated rings. The number of ether oxygens (including phenoxy) is 2. The van der Waals surface area contributed by atoms with Crippen LogP contribution in [0.1, 0.15) is 12.8 Å². The Kier molecular flexibility index (Phi) is 5.87. The predicted molar refractivity (Wildman–Crippen MR) is 128 cm³/mol. The Morgan fingerprint density at radius 1 is 1.12 bits per heavy atom. The molecule has 0 aliphatic carbocycles. The van der Waals surface area contributed by atoms with Crippen LogP contribution in [0.25, 0.3) is 22.4 Å². The van der Waals surface area contributed by atoms with Crippen LogP contribution >= 0.6 is 11.3 Å². The highest BCUT2D eigenvalue weighted by atomic mass is 32.1. The van der Waals surface area contributed by atoms with Crippen molar-refractivity contribution in [2.24, 2.45) is 5.92 Å². The molecule has 1 aliphatic heterocycles. The topological polar surface area (TPSA) is 89.7 Å². The Hall–Kier alpha value is -3.59. The highest BCUT2D eigenvalue weighted by Gasteiger charge is 2.28. The van der Waals surface area contributed by atoms with E-state index in [1.165, 1.54) is 11.3 Å². The van der Waals surface area contributed by atoms with Gasteiger partial charge in [-0.1, -0.05) is 12.1 Å². The fourth-order valence-electron chi connectivity index (χ4n) is 4.00. The van der Waals surface area contributed by atoms with Crippen LogP contribution in [0.15, 0.2) is 52.3 Å². The average Bonchev–Trinajstić information content (AvgIpc) is 3.51. The number of amides is 1. The second kappa shape index (κ2) is 9.11. The zero-order valence-electron chi connectivity index (χ0n) is 18.4. The zero-order valence-corrected chi connectivity index (χ0v) is 19.2. The molecule has 2 aromatic heterocycles. The number of aromatic nitrogens is 2. The molecule has 0 bridgehead atoms. The Labute approximate surface area is 195 Å².